The van der Waals surface area contributed by atoms with E-state index in [1.54, 1.807) is 11.8 Å². The molecule has 0 saturated carbocycles. The predicted octanol–water partition coefficient (Wildman–Crippen LogP) is 1.67. The van der Waals surface area contributed by atoms with Gasteiger partial charge in [0, 0.05) is 13.1 Å². The highest BCUT2D eigenvalue weighted by atomic mass is 16.4. The molecule has 1 N–H and O–H groups in total. The van der Waals surface area contributed by atoms with E-state index in [0.29, 0.717) is 13.0 Å². The number of nitrogens with zero attached hydrogens (tertiary/aromatic N) is 3. The fourth-order valence-corrected chi connectivity index (χ4v) is 2.98. The molecule has 6 heteroatoms. The van der Waals surface area contributed by atoms with Crippen LogP contribution in [0.25, 0.3) is 11.0 Å². The smallest absolute Gasteiger partial charge is 0.311 e. The SMILES string of the molecule is Cc1nc2ccccc2n1CC(=O)N1CCC(C)(C(=O)O)C1. The zero-order valence-corrected chi connectivity index (χ0v) is 12.7. The first-order chi connectivity index (χ1) is 10.4. The molecule has 0 bridgehead atoms. The normalized spacial score (nSPS) is 21.5. The predicted molar refractivity (Wildman–Crippen MR) is 81.4 cm³/mol. The Labute approximate surface area is 128 Å². The van der Waals surface area contributed by atoms with Crippen molar-refractivity contribution in [3.05, 3.63) is 30.1 Å². The molecule has 1 saturated heterocycles. The van der Waals surface area contributed by atoms with Gasteiger partial charge in [0.05, 0.1) is 16.4 Å². The van der Waals surface area contributed by atoms with Gasteiger partial charge in [-0.1, -0.05) is 12.1 Å². The van der Waals surface area contributed by atoms with Crippen molar-refractivity contribution < 1.29 is 14.7 Å². The van der Waals surface area contributed by atoms with Crippen LogP contribution in [0, 0.1) is 12.3 Å². The number of amides is 1. The number of carbonyl (C=O) groups is 2. The van der Waals surface area contributed by atoms with Crippen molar-refractivity contribution in [2.45, 2.75) is 26.8 Å². The number of carboxylic acid groups (broad SMARTS) is 1. The van der Waals surface area contributed by atoms with Crippen molar-refractivity contribution in [2.24, 2.45) is 5.41 Å². The Morgan fingerprint density at radius 1 is 1.36 bits per heavy atom. The molecule has 1 fully saturated rings. The fourth-order valence-electron chi connectivity index (χ4n) is 2.98. The van der Waals surface area contributed by atoms with Crippen LogP contribution in [0.4, 0.5) is 0 Å². The van der Waals surface area contributed by atoms with E-state index < -0.39 is 11.4 Å². The van der Waals surface area contributed by atoms with Crippen LogP contribution in [-0.4, -0.2) is 44.5 Å². The second-order valence-corrected chi connectivity index (χ2v) is 6.16. The maximum atomic E-state index is 12.5. The summed E-state index contributed by atoms with van der Waals surface area (Å²) in [5.74, 6) is -0.113. The number of hydrogen-bond donors (Lipinski definition) is 1. The van der Waals surface area contributed by atoms with Gasteiger partial charge in [0.2, 0.25) is 5.91 Å². The summed E-state index contributed by atoms with van der Waals surface area (Å²) in [6, 6.07) is 7.69. The first-order valence-electron chi connectivity index (χ1n) is 7.34. The average Bonchev–Trinajstić information content (AvgIpc) is 3.02. The topological polar surface area (TPSA) is 75.4 Å². The summed E-state index contributed by atoms with van der Waals surface area (Å²) in [5.41, 5.74) is 0.958. The number of likely N-dealkylation sites (tertiary alicyclic amines) is 1. The van der Waals surface area contributed by atoms with E-state index in [1.807, 2.05) is 35.8 Å². The van der Waals surface area contributed by atoms with Gasteiger partial charge in [0.1, 0.15) is 12.4 Å². The molecule has 1 aliphatic rings. The van der Waals surface area contributed by atoms with Crippen molar-refractivity contribution in [3.8, 4) is 0 Å². The Morgan fingerprint density at radius 3 is 2.77 bits per heavy atom. The molecule has 0 spiro atoms. The van der Waals surface area contributed by atoms with Crippen molar-refractivity contribution in [3.63, 3.8) is 0 Å². The van der Waals surface area contributed by atoms with Gasteiger partial charge in [-0.05, 0) is 32.4 Å². The fraction of sp³-hybridized carbons (Fsp3) is 0.438. The first kappa shape index (κ1) is 14.6. The van der Waals surface area contributed by atoms with Crippen LogP contribution in [0.15, 0.2) is 24.3 Å². The molecule has 1 aromatic heterocycles. The van der Waals surface area contributed by atoms with Gasteiger partial charge in [0.25, 0.3) is 0 Å². The highest BCUT2D eigenvalue weighted by Crippen LogP contribution is 2.30. The zero-order chi connectivity index (χ0) is 15.9. The van der Waals surface area contributed by atoms with Crippen LogP contribution >= 0.6 is 0 Å². The van der Waals surface area contributed by atoms with Crippen molar-refractivity contribution >= 4 is 22.9 Å². The number of carboxylic acids is 1. The molecule has 2 heterocycles. The van der Waals surface area contributed by atoms with Crippen molar-refractivity contribution in [2.75, 3.05) is 13.1 Å². The summed E-state index contributed by atoms with van der Waals surface area (Å²) < 4.78 is 1.88. The van der Waals surface area contributed by atoms with Gasteiger partial charge in [-0.2, -0.15) is 0 Å². The maximum Gasteiger partial charge on any atom is 0.311 e. The summed E-state index contributed by atoms with van der Waals surface area (Å²) in [7, 11) is 0. The number of aromatic nitrogens is 2. The lowest BCUT2D eigenvalue weighted by Crippen LogP contribution is -2.36. The van der Waals surface area contributed by atoms with Gasteiger partial charge >= 0.3 is 5.97 Å². The lowest BCUT2D eigenvalue weighted by molar-refractivity contribution is -0.147. The minimum atomic E-state index is -0.841. The van der Waals surface area contributed by atoms with Crippen LogP contribution in [0.5, 0.6) is 0 Å². The van der Waals surface area contributed by atoms with E-state index in [4.69, 9.17) is 0 Å². The number of fused-ring (bicyclic) bond motifs is 1. The van der Waals surface area contributed by atoms with Gasteiger partial charge < -0.3 is 14.6 Å². The molecule has 1 amide bonds. The van der Waals surface area contributed by atoms with E-state index in [0.717, 1.165) is 16.9 Å². The molecular formula is C16H19N3O3. The van der Waals surface area contributed by atoms with E-state index in [-0.39, 0.29) is 19.0 Å². The lowest BCUT2D eigenvalue weighted by atomic mass is 9.90. The minimum absolute atomic E-state index is 0.0590. The van der Waals surface area contributed by atoms with Crippen LogP contribution in [0.1, 0.15) is 19.2 Å². The number of aryl methyl sites for hydroxylation is 1. The number of aliphatic carboxylic acids is 1. The second kappa shape index (κ2) is 5.12. The standard InChI is InChI=1S/C16H19N3O3/c1-11-17-12-5-3-4-6-13(12)19(11)9-14(20)18-8-7-16(2,10-18)15(21)22/h3-6H,7-10H2,1-2H3,(H,21,22). The molecule has 1 unspecified atom stereocenters. The second-order valence-electron chi connectivity index (χ2n) is 6.16. The Kier molecular flexibility index (Phi) is 3.39. The third-order valence-electron chi connectivity index (χ3n) is 4.48. The van der Waals surface area contributed by atoms with Gasteiger partial charge in [-0.3, -0.25) is 9.59 Å². The Balaban J connectivity index is 1.80. The lowest BCUT2D eigenvalue weighted by Gasteiger charge is -2.20. The van der Waals surface area contributed by atoms with Crippen LogP contribution in [0.3, 0.4) is 0 Å². The zero-order valence-electron chi connectivity index (χ0n) is 12.7. The Morgan fingerprint density at radius 2 is 2.09 bits per heavy atom. The number of rotatable bonds is 3. The molecule has 22 heavy (non-hydrogen) atoms. The number of benzene rings is 1. The number of hydrogen-bond acceptors (Lipinski definition) is 3. The van der Waals surface area contributed by atoms with Crippen LogP contribution in [0.2, 0.25) is 0 Å². The monoisotopic (exact) mass is 301 g/mol. The minimum Gasteiger partial charge on any atom is -0.481 e. The third-order valence-corrected chi connectivity index (χ3v) is 4.48. The van der Waals surface area contributed by atoms with E-state index in [9.17, 15) is 14.7 Å². The highest BCUT2D eigenvalue weighted by Gasteiger charge is 2.42. The number of imidazole rings is 1. The summed E-state index contributed by atoms with van der Waals surface area (Å²) in [6.07, 6.45) is 0.498. The molecule has 2 aromatic rings. The highest BCUT2D eigenvalue weighted by molar-refractivity contribution is 5.83. The van der Waals surface area contributed by atoms with Crippen molar-refractivity contribution in [1.82, 2.24) is 14.5 Å². The quantitative estimate of drug-likeness (QED) is 0.935. The summed E-state index contributed by atoms with van der Waals surface area (Å²) >= 11 is 0. The van der Waals surface area contributed by atoms with Gasteiger partial charge in [-0.25, -0.2) is 4.98 Å². The molecular weight excluding hydrogens is 282 g/mol. The van der Waals surface area contributed by atoms with Gasteiger partial charge in [0.15, 0.2) is 0 Å². The van der Waals surface area contributed by atoms with E-state index in [2.05, 4.69) is 4.98 Å². The third kappa shape index (κ3) is 2.34. The molecule has 6 nitrogen and oxygen atoms in total. The molecule has 0 radical (unpaired) electrons. The largest absolute Gasteiger partial charge is 0.481 e. The van der Waals surface area contributed by atoms with Crippen molar-refractivity contribution in [1.29, 1.82) is 0 Å². The molecule has 1 atom stereocenters. The molecule has 116 valence electrons. The van der Waals surface area contributed by atoms with Crippen LogP contribution < -0.4 is 0 Å². The first-order valence-corrected chi connectivity index (χ1v) is 7.34. The molecule has 1 aromatic carbocycles. The summed E-state index contributed by atoms with van der Waals surface area (Å²) in [5, 5.41) is 9.26. The van der Waals surface area contributed by atoms with Crippen LogP contribution in [-0.2, 0) is 16.1 Å². The Bertz CT molecular complexity index is 752. The van der Waals surface area contributed by atoms with E-state index >= 15 is 0 Å². The average molecular weight is 301 g/mol. The molecule has 3 rings (SSSR count). The van der Waals surface area contributed by atoms with E-state index in [1.165, 1.54) is 0 Å². The Hall–Kier alpha value is -2.37. The maximum absolute atomic E-state index is 12.5. The summed E-state index contributed by atoms with van der Waals surface area (Å²) in [6.45, 7) is 4.53. The molecule has 0 aliphatic carbocycles. The molecule has 1 aliphatic heterocycles. The summed E-state index contributed by atoms with van der Waals surface area (Å²) in [4.78, 5) is 29.9. The number of carbonyl (C=O) groups excluding carboxylic acids is 1. The van der Waals surface area contributed by atoms with Gasteiger partial charge in [-0.15, -0.1) is 0 Å². The number of para-hydroxylation sites is 2.